The number of amides is 1. The van der Waals surface area contributed by atoms with Gasteiger partial charge in [0.1, 0.15) is 11.8 Å². The fraction of sp³-hybridized carbons (Fsp3) is 0.636. The lowest BCUT2D eigenvalue weighted by Gasteiger charge is -2.22. The van der Waals surface area contributed by atoms with Crippen LogP contribution in [0, 0.1) is 0 Å². The minimum absolute atomic E-state index is 0.0825. The summed E-state index contributed by atoms with van der Waals surface area (Å²) in [6, 6.07) is -0.274. The van der Waals surface area contributed by atoms with Gasteiger partial charge in [0.25, 0.3) is 0 Å². The van der Waals surface area contributed by atoms with Crippen molar-refractivity contribution in [2.45, 2.75) is 25.9 Å². The van der Waals surface area contributed by atoms with Crippen molar-refractivity contribution < 1.29 is 13.9 Å². The van der Waals surface area contributed by atoms with Crippen molar-refractivity contribution in [3.05, 3.63) is 17.8 Å². The summed E-state index contributed by atoms with van der Waals surface area (Å²) < 4.78 is 10.6. The monoisotopic (exact) mass is 239 g/mol. The molecule has 17 heavy (non-hydrogen) atoms. The molecule has 2 rings (SSSR count). The molecule has 1 aliphatic rings. The maximum atomic E-state index is 11.7. The van der Waals surface area contributed by atoms with Crippen LogP contribution < -0.4 is 10.6 Å². The largest absolute Gasteiger partial charge is 0.444 e. The zero-order valence-corrected chi connectivity index (χ0v) is 9.86. The molecule has 0 bridgehead atoms. The van der Waals surface area contributed by atoms with Gasteiger partial charge >= 0.3 is 0 Å². The standard InChI is InChI=1S/C11H17N3O3/c1-2-8-5-13-10(17-8)6-14-11(15)9-7-16-4-3-12-9/h5,9,12H,2-4,6-7H2,1H3,(H,14,15). The van der Waals surface area contributed by atoms with Gasteiger partial charge in [-0.25, -0.2) is 4.98 Å². The van der Waals surface area contributed by atoms with Crippen LogP contribution in [0.15, 0.2) is 10.6 Å². The summed E-state index contributed by atoms with van der Waals surface area (Å²) in [5.41, 5.74) is 0. The van der Waals surface area contributed by atoms with Crippen LogP contribution in [0.4, 0.5) is 0 Å². The molecular weight excluding hydrogens is 222 g/mol. The van der Waals surface area contributed by atoms with E-state index in [-0.39, 0.29) is 11.9 Å². The SMILES string of the molecule is CCc1cnc(CNC(=O)C2COCCN2)o1. The van der Waals surface area contributed by atoms with Crippen LogP contribution in [0.25, 0.3) is 0 Å². The van der Waals surface area contributed by atoms with Gasteiger partial charge in [-0.3, -0.25) is 4.79 Å². The van der Waals surface area contributed by atoms with E-state index in [1.165, 1.54) is 0 Å². The van der Waals surface area contributed by atoms with Gasteiger partial charge in [0.2, 0.25) is 11.8 Å². The Balaban J connectivity index is 1.78. The second kappa shape index (κ2) is 5.79. The number of hydrogen-bond donors (Lipinski definition) is 2. The molecule has 94 valence electrons. The Bertz CT molecular complexity index is 372. The normalized spacial score (nSPS) is 20.2. The lowest BCUT2D eigenvalue weighted by atomic mass is 10.2. The molecule has 1 saturated heterocycles. The predicted octanol–water partition coefficient (Wildman–Crippen LogP) is -0.158. The van der Waals surface area contributed by atoms with E-state index in [1.54, 1.807) is 6.20 Å². The van der Waals surface area contributed by atoms with Gasteiger partial charge in [0.15, 0.2) is 0 Å². The summed E-state index contributed by atoms with van der Waals surface area (Å²) >= 11 is 0. The topological polar surface area (TPSA) is 76.4 Å². The minimum Gasteiger partial charge on any atom is -0.444 e. The summed E-state index contributed by atoms with van der Waals surface area (Å²) in [7, 11) is 0. The van der Waals surface area contributed by atoms with Crippen molar-refractivity contribution in [3.8, 4) is 0 Å². The van der Waals surface area contributed by atoms with Crippen molar-refractivity contribution in [2.24, 2.45) is 0 Å². The third-order valence-electron chi connectivity index (χ3n) is 2.60. The quantitative estimate of drug-likeness (QED) is 0.763. The van der Waals surface area contributed by atoms with E-state index in [1.807, 2.05) is 6.92 Å². The number of nitrogens with one attached hydrogen (secondary N) is 2. The van der Waals surface area contributed by atoms with Crippen LogP contribution in [-0.4, -0.2) is 36.7 Å². The van der Waals surface area contributed by atoms with E-state index in [4.69, 9.17) is 9.15 Å². The Kier molecular flexibility index (Phi) is 4.11. The van der Waals surface area contributed by atoms with Crippen LogP contribution in [0.3, 0.4) is 0 Å². The molecule has 0 aromatic carbocycles. The maximum Gasteiger partial charge on any atom is 0.239 e. The zero-order valence-electron chi connectivity index (χ0n) is 9.86. The summed E-state index contributed by atoms with van der Waals surface area (Å²) in [5, 5.41) is 5.85. The van der Waals surface area contributed by atoms with Crippen LogP contribution >= 0.6 is 0 Å². The third kappa shape index (κ3) is 3.28. The number of nitrogens with zero attached hydrogens (tertiary/aromatic N) is 1. The average molecular weight is 239 g/mol. The first kappa shape index (κ1) is 12.1. The summed E-state index contributed by atoms with van der Waals surface area (Å²) in [6.07, 6.45) is 2.49. The maximum absolute atomic E-state index is 11.7. The molecule has 1 atom stereocenters. The van der Waals surface area contributed by atoms with Gasteiger partial charge in [-0.2, -0.15) is 0 Å². The van der Waals surface area contributed by atoms with Gasteiger partial charge in [0, 0.05) is 13.0 Å². The molecule has 6 heteroatoms. The number of morpholine rings is 1. The van der Waals surface area contributed by atoms with E-state index in [2.05, 4.69) is 15.6 Å². The van der Waals surface area contributed by atoms with Crippen molar-refractivity contribution >= 4 is 5.91 Å². The molecule has 0 spiro atoms. The van der Waals surface area contributed by atoms with Crippen molar-refractivity contribution in [1.29, 1.82) is 0 Å². The molecule has 1 unspecified atom stereocenters. The molecule has 1 aromatic heterocycles. The third-order valence-corrected chi connectivity index (χ3v) is 2.60. The summed E-state index contributed by atoms with van der Waals surface area (Å²) in [4.78, 5) is 15.8. The van der Waals surface area contributed by atoms with Crippen molar-refractivity contribution in [1.82, 2.24) is 15.6 Å². The lowest BCUT2D eigenvalue weighted by molar-refractivity contribution is -0.126. The molecule has 0 saturated carbocycles. The van der Waals surface area contributed by atoms with Gasteiger partial charge in [0.05, 0.1) is 26.0 Å². The molecule has 0 aliphatic carbocycles. The van der Waals surface area contributed by atoms with E-state index in [0.29, 0.717) is 32.2 Å². The Hall–Kier alpha value is -1.40. The molecule has 1 fully saturated rings. The highest BCUT2D eigenvalue weighted by Crippen LogP contribution is 2.03. The van der Waals surface area contributed by atoms with Crippen LogP contribution in [0.1, 0.15) is 18.6 Å². The number of ether oxygens (including phenoxy) is 1. The number of oxazole rings is 1. The fourth-order valence-corrected chi connectivity index (χ4v) is 1.61. The fourth-order valence-electron chi connectivity index (χ4n) is 1.61. The number of hydrogen-bond acceptors (Lipinski definition) is 5. The highest BCUT2D eigenvalue weighted by Gasteiger charge is 2.21. The molecule has 2 N–H and O–H groups in total. The van der Waals surface area contributed by atoms with E-state index < -0.39 is 0 Å². The average Bonchev–Trinajstić information content (AvgIpc) is 2.85. The van der Waals surface area contributed by atoms with Gasteiger partial charge in [-0.15, -0.1) is 0 Å². The minimum atomic E-state index is -0.274. The van der Waals surface area contributed by atoms with Gasteiger partial charge < -0.3 is 19.8 Å². The van der Waals surface area contributed by atoms with Crippen LogP contribution in [0.5, 0.6) is 0 Å². The first-order chi connectivity index (χ1) is 8.29. The Morgan fingerprint density at radius 2 is 2.59 bits per heavy atom. The highest BCUT2D eigenvalue weighted by atomic mass is 16.5. The molecule has 1 aliphatic heterocycles. The van der Waals surface area contributed by atoms with Crippen LogP contribution in [0.2, 0.25) is 0 Å². The van der Waals surface area contributed by atoms with E-state index in [0.717, 1.165) is 12.2 Å². The van der Waals surface area contributed by atoms with Crippen molar-refractivity contribution in [3.63, 3.8) is 0 Å². The Labute approximate surface area is 99.7 Å². The van der Waals surface area contributed by atoms with Gasteiger partial charge in [-0.05, 0) is 0 Å². The Morgan fingerprint density at radius 1 is 1.71 bits per heavy atom. The van der Waals surface area contributed by atoms with E-state index >= 15 is 0 Å². The summed E-state index contributed by atoms with van der Waals surface area (Å²) in [6.45, 7) is 4.08. The van der Waals surface area contributed by atoms with Crippen LogP contribution in [-0.2, 0) is 22.5 Å². The lowest BCUT2D eigenvalue weighted by Crippen LogP contribution is -2.51. The number of carbonyl (C=O) groups excluding carboxylic acids is 1. The van der Waals surface area contributed by atoms with Crippen molar-refractivity contribution in [2.75, 3.05) is 19.8 Å². The van der Waals surface area contributed by atoms with Gasteiger partial charge in [-0.1, -0.05) is 6.92 Å². The summed E-state index contributed by atoms with van der Waals surface area (Å²) in [5.74, 6) is 1.28. The first-order valence-electron chi connectivity index (χ1n) is 5.82. The second-order valence-corrected chi connectivity index (χ2v) is 3.87. The first-order valence-corrected chi connectivity index (χ1v) is 5.82. The smallest absolute Gasteiger partial charge is 0.239 e. The molecular formula is C11H17N3O3. The molecule has 6 nitrogen and oxygen atoms in total. The number of rotatable bonds is 4. The number of carbonyl (C=O) groups is 1. The van der Waals surface area contributed by atoms with E-state index in [9.17, 15) is 4.79 Å². The highest BCUT2D eigenvalue weighted by molar-refractivity contribution is 5.81. The Morgan fingerprint density at radius 3 is 3.24 bits per heavy atom. The molecule has 2 heterocycles. The molecule has 0 radical (unpaired) electrons. The molecule has 1 amide bonds. The zero-order chi connectivity index (χ0) is 12.1. The number of aryl methyl sites for hydroxylation is 1. The second-order valence-electron chi connectivity index (χ2n) is 3.87. The predicted molar refractivity (Wildman–Crippen MR) is 60.3 cm³/mol. The molecule has 1 aromatic rings. The number of aromatic nitrogens is 1.